The summed E-state index contributed by atoms with van der Waals surface area (Å²) in [5.41, 5.74) is 0. The summed E-state index contributed by atoms with van der Waals surface area (Å²) in [7, 11) is -1.69. The Morgan fingerprint density at radius 3 is 2.35 bits per heavy atom. The lowest BCUT2D eigenvalue weighted by Crippen LogP contribution is -2.51. The van der Waals surface area contributed by atoms with Crippen molar-refractivity contribution < 1.29 is 44.7 Å². The summed E-state index contributed by atoms with van der Waals surface area (Å²) in [5.74, 6) is -1.73. The molecule has 1 saturated heterocycles. The van der Waals surface area contributed by atoms with Crippen LogP contribution < -0.4 is 0 Å². The van der Waals surface area contributed by atoms with Crippen molar-refractivity contribution in [1.29, 1.82) is 0 Å². The smallest absolute Gasteiger partial charge is 0.479 e. The topological polar surface area (TPSA) is 157 Å². The first-order chi connectivity index (χ1) is 7.88. The molecule has 0 aromatic heterocycles. The van der Waals surface area contributed by atoms with Crippen molar-refractivity contribution in [3.8, 4) is 0 Å². The molecule has 1 aliphatic rings. The van der Waals surface area contributed by atoms with Gasteiger partial charge in [-0.3, -0.25) is 0 Å². The van der Waals surface area contributed by atoms with Gasteiger partial charge in [-0.15, -0.1) is 0 Å². The number of carbonyl (C=O) groups is 1. The Labute approximate surface area is 96.0 Å². The van der Waals surface area contributed by atoms with Crippen molar-refractivity contribution in [3.05, 3.63) is 0 Å². The number of hydrogen-bond acceptors (Lipinski definition) is 8. The molecule has 0 saturated carbocycles. The van der Waals surface area contributed by atoms with Gasteiger partial charge in [-0.1, -0.05) is 0 Å². The van der Waals surface area contributed by atoms with E-state index in [1.54, 1.807) is 0 Å². The maximum absolute atomic E-state index is 10.4. The predicted molar refractivity (Wildman–Crippen MR) is 50.5 cm³/mol. The summed E-state index contributed by atoms with van der Waals surface area (Å²) in [6, 6.07) is 0. The first-order valence-electron chi connectivity index (χ1n) is 4.75. The quantitative estimate of drug-likeness (QED) is 0.267. The minimum atomic E-state index is -2.22. The van der Waals surface area contributed by atoms with Crippen LogP contribution in [0.2, 0.25) is 0 Å². The molecule has 0 bridgehead atoms. The number of hydrogen-bond donors (Lipinski definition) is 6. The molecule has 98 valence electrons. The van der Waals surface area contributed by atoms with Crippen LogP contribution in [-0.4, -0.2) is 81.0 Å². The van der Waals surface area contributed by atoms with Gasteiger partial charge in [0.05, 0.1) is 12.7 Å². The standard InChI is InChI=1S/C7H13BO9/c9-1-2-6(17-8(15)16-2)4(11)3(10)5(12)7(13)14/h2-6,9-12,15H,1H2,(H,13,14)/t2-,3-,4-,5+,6-/m0/s1. The highest BCUT2D eigenvalue weighted by Crippen LogP contribution is 2.21. The first-order valence-corrected chi connectivity index (χ1v) is 4.75. The van der Waals surface area contributed by atoms with E-state index in [9.17, 15) is 15.0 Å². The minimum Gasteiger partial charge on any atom is -0.479 e. The van der Waals surface area contributed by atoms with Crippen molar-refractivity contribution in [2.24, 2.45) is 0 Å². The highest BCUT2D eigenvalue weighted by atomic mass is 16.7. The second-order valence-electron chi connectivity index (χ2n) is 3.53. The van der Waals surface area contributed by atoms with Crippen molar-refractivity contribution >= 4 is 13.3 Å². The summed E-state index contributed by atoms with van der Waals surface area (Å²) in [5, 5.41) is 54.1. The van der Waals surface area contributed by atoms with E-state index in [2.05, 4.69) is 9.31 Å². The number of aliphatic hydroxyl groups excluding tert-OH is 4. The Bertz CT molecular complexity index is 274. The molecule has 1 aliphatic heterocycles. The molecular weight excluding hydrogens is 239 g/mol. The van der Waals surface area contributed by atoms with E-state index in [0.29, 0.717) is 0 Å². The second kappa shape index (κ2) is 5.73. The summed E-state index contributed by atoms with van der Waals surface area (Å²) < 4.78 is 9.25. The average Bonchev–Trinajstić information content (AvgIpc) is 2.67. The number of carboxylic acid groups (broad SMARTS) is 1. The fourth-order valence-electron chi connectivity index (χ4n) is 1.46. The van der Waals surface area contributed by atoms with Gasteiger partial charge in [-0.05, 0) is 0 Å². The third kappa shape index (κ3) is 3.13. The van der Waals surface area contributed by atoms with Crippen LogP contribution in [0.3, 0.4) is 0 Å². The zero-order valence-electron chi connectivity index (χ0n) is 8.58. The fourth-order valence-corrected chi connectivity index (χ4v) is 1.46. The van der Waals surface area contributed by atoms with Crippen LogP contribution in [0.15, 0.2) is 0 Å². The molecule has 1 rings (SSSR count). The van der Waals surface area contributed by atoms with Gasteiger partial charge in [0.25, 0.3) is 0 Å². The van der Waals surface area contributed by atoms with Gasteiger partial charge in [0.15, 0.2) is 6.10 Å². The maximum atomic E-state index is 10.4. The SMILES string of the molecule is O=C(O)[C@H](O)[C@@H](O)[C@H](O)[C@H]1OB(O)O[C@H]1CO. The van der Waals surface area contributed by atoms with E-state index in [0.717, 1.165) is 0 Å². The molecule has 5 atom stereocenters. The highest BCUT2D eigenvalue weighted by molar-refractivity contribution is 6.35. The zero-order chi connectivity index (χ0) is 13.2. The Balaban J connectivity index is 2.68. The van der Waals surface area contributed by atoms with Crippen LogP contribution in [-0.2, 0) is 14.1 Å². The van der Waals surface area contributed by atoms with Gasteiger partial charge in [-0.25, -0.2) is 4.79 Å². The van der Waals surface area contributed by atoms with Gasteiger partial charge in [0, 0.05) is 0 Å². The zero-order valence-corrected chi connectivity index (χ0v) is 8.58. The van der Waals surface area contributed by atoms with E-state index in [4.69, 9.17) is 20.3 Å². The maximum Gasteiger partial charge on any atom is 0.637 e. The molecule has 0 amide bonds. The molecule has 1 fully saturated rings. The predicted octanol–water partition coefficient (Wildman–Crippen LogP) is -4.09. The highest BCUT2D eigenvalue weighted by Gasteiger charge is 2.47. The third-order valence-corrected chi connectivity index (χ3v) is 2.37. The van der Waals surface area contributed by atoms with Crippen molar-refractivity contribution in [2.45, 2.75) is 30.5 Å². The fraction of sp³-hybridized carbons (Fsp3) is 0.857. The molecule has 10 heteroatoms. The van der Waals surface area contributed by atoms with Crippen LogP contribution in [0.25, 0.3) is 0 Å². The molecule has 0 unspecified atom stereocenters. The van der Waals surface area contributed by atoms with Crippen LogP contribution in [0.4, 0.5) is 0 Å². The third-order valence-electron chi connectivity index (χ3n) is 2.37. The molecular formula is C7H13BO9. The van der Waals surface area contributed by atoms with Gasteiger partial charge >= 0.3 is 13.3 Å². The van der Waals surface area contributed by atoms with Gasteiger partial charge < -0.3 is 39.9 Å². The number of carboxylic acids is 1. The Kier molecular flexibility index (Phi) is 4.83. The second-order valence-corrected chi connectivity index (χ2v) is 3.53. The molecule has 17 heavy (non-hydrogen) atoms. The lowest BCUT2D eigenvalue weighted by Gasteiger charge is -2.27. The lowest BCUT2D eigenvalue weighted by atomic mass is 9.99. The number of rotatable bonds is 5. The number of aliphatic hydroxyl groups is 4. The van der Waals surface area contributed by atoms with Crippen LogP contribution in [0.5, 0.6) is 0 Å². The van der Waals surface area contributed by atoms with Gasteiger partial charge in [0.2, 0.25) is 0 Å². The Morgan fingerprint density at radius 2 is 1.88 bits per heavy atom. The molecule has 0 aromatic rings. The van der Waals surface area contributed by atoms with E-state index in [1.807, 2.05) is 0 Å². The summed E-state index contributed by atoms with van der Waals surface area (Å²) in [6.45, 7) is -0.616. The summed E-state index contributed by atoms with van der Waals surface area (Å²) >= 11 is 0. The molecule has 0 aromatic carbocycles. The largest absolute Gasteiger partial charge is 0.637 e. The summed E-state index contributed by atoms with van der Waals surface area (Å²) in [4.78, 5) is 10.4. The van der Waals surface area contributed by atoms with Crippen LogP contribution in [0.1, 0.15) is 0 Å². The van der Waals surface area contributed by atoms with E-state index < -0.39 is 50.4 Å². The molecule has 0 spiro atoms. The van der Waals surface area contributed by atoms with Gasteiger partial charge in [-0.2, -0.15) is 0 Å². The molecule has 6 N–H and O–H groups in total. The molecule has 0 radical (unpaired) electrons. The molecule has 0 aliphatic carbocycles. The lowest BCUT2D eigenvalue weighted by molar-refractivity contribution is -0.163. The van der Waals surface area contributed by atoms with Crippen molar-refractivity contribution in [2.75, 3.05) is 6.61 Å². The van der Waals surface area contributed by atoms with Crippen LogP contribution in [0, 0.1) is 0 Å². The monoisotopic (exact) mass is 252 g/mol. The molecule has 1 heterocycles. The normalized spacial score (nSPS) is 30.1. The van der Waals surface area contributed by atoms with Crippen molar-refractivity contribution in [3.63, 3.8) is 0 Å². The van der Waals surface area contributed by atoms with E-state index in [1.165, 1.54) is 0 Å². The van der Waals surface area contributed by atoms with E-state index in [-0.39, 0.29) is 0 Å². The Morgan fingerprint density at radius 1 is 1.29 bits per heavy atom. The first kappa shape index (κ1) is 14.3. The average molecular weight is 252 g/mol. The Hall–Kier alpha value is -0.745. The van der Waals surface area contributed by atoms with E-state index >= 15 is 0 Å². The number of aliphatic carboxylic acids is 1. The minimum absolute atomic E-state index is 0.616. The molecule has 9 nitrogen and oxygen atoms in total. The van der Waals surface area contributed by atoms with Crippen LogP contribution >= 0.6 is 0 Å². The van der Waals surface area contributed by atoms with Gasteiger partial charge in [0.1, 0.15) is 18.3 Å². The van der Waals surface area contributed by atoms with Crippen molar-refractivity contribution in [1.82, 2.24) is 0 Å². The summed E-state index contributed by atoms with van der Waals surface area (Å²) in [6.07, 6.45) is -8.57.